The average molecular weight is 280 g/mol. The highest BCUT2D eigenvalue weighted by molar-refractivity contribution is 6.01. The molecule has 0 fully saturated rings. The molecule has 0 aliphatic heterocycles. The highest BCUT2D eigenvalue weighted by Crippen LogP contribution is 2.21. The molecule has 3 rings (SSSR count). The number of carbonyl (C=O) groups is 1. The molecule has 2 aromatic carbocycles. The third-order valence-corrected chi connectivity index (χ3v) is 3.31. The standard InChI is InChI=1S/C17H13FN2O/c18-12-7-5-11(6-8-12)9-17(21)16-10-14(19)13-3-1-2-4-15(13)20-16/h1-8,10H,9H2,(H2,19,20). The lowest BCUT2D eigenvalue weighted by molar-refractivity contribution is 0.0988. The Morgan fingerprint density at radius 3 is 2.57 bits per heavy atom. The van der Waals surface area contributed by atoms with Gasteiger partial charge in [-0.15, -0.1) is 0 Å². The molecule has 4 heteroatoms. The van der Waals surface area contributed by atoms with E-state index in [0.29, 0.717) is 16.9 Å². The van der Waals surface area contributed by atoms with Gasteiger partial charge in [0.2, 0.25) is 0 Å². The van der Waals surface area contributed by atoms with Crippen molar-refractivity contribution < 1.29 is 9.18 Å². The molecular formula is C17H13FN2O. The quantitative estimate of drug-likeness (QED) is 0.748. The van der Waals surface area contributed by atoms with Crippen LogP contribution in [0.25, 0.3) is 10.9 Å². The number of hydrogen-bond donors (Lipinski definition) is 1. The van der Waals surface area contributed by atoms with E-state index in [1.165, 1.54) is 12.1 Å². The number of fused-ring (bicyclic) bond motifs is 1. The van der Waals surface area contributed by atoms with E-state index in [2.05, 4.69) is 4.98 Å². The first-order valence-corrected chi connectivity index (χ1v) is 6.56. The van der Waals surface area contributed by atoms with Crippen LogP contribution in [0, 0.1) is 5.82 Å². The van der Waals surface area contributed by atoms with Crippen LogP contribution in [0.15, 0.2) is 54.6 Å². The summed E-state index contributed by atoms with van der Waals surface area (Å²) < 4.78 is 12.9. The van der Waals surface area contributed by atoms with Crippen molar-refractivity contribution in [1.29, 1.82) is 0 Å². The Bertz CT molecular complexity index is 813. The smallest absolute Gasteiger partial charge is 0.185 e. The van der Waals surface area contributed by atoms with E-state index in [-0.39, 0.29) is 18.0 Å². The van der Waals surface area contributed by atoms with Crippen molar-refractivity contribution in [3.8, 4) is 0 Å². The third-order valence-electron chi connectivity index (χ3n) is 3.31. The van der Waals surface area contributed by atoms with E-state index in [1.807, 2.05) is 24.3 Å². The summed E-state index contributed by atoms with van der Waals surface area (Å²) in [6.07, 6.45) is 0.172. The maximum Gasteiger partial charge on any atom is 0.185 e. The number of Topliss-reactive ketones (excluding diaryl/α,β-unsaturated/α-hetero) is 1. The molecule has 0 aliphatic carbocycles. The molecule has 104 valence electrons. The number of ketones is 1. The van der Waals surface area contributed by atoms with Gasteiger partial charge in [-0.25, -0.2) is 9.37 Å². The largest absolute Gasteiger partial charge is 0.398 e. The molecular weight excluding hydrogens is 267 g/mol. The Labute approximate surface area is 121 Å². The molecule has 0 aliphatic rings. The minimum Gasteiger partial charge on any atom is -0.398 e. The fraction of sp³-hybridized carbons (Fsp3) is 0.0588. The second-order valence-corrected chi connectivity index (χ2v) is 4.84. The summed E-state index contributed by atoms with van der Waals surface area (Å²) in [5.41, 5.74) is 8.27. The molecule has 0 bridgehead atoms. The molecule has 3 nitrogen and oxygen atoms in total. The van der Waals surface area contributed by atoms with Crippen molar-refractivity contribution in [3.63, 3.8) is 0 Å². The maximum atomic E-state index is 12.9. The first-order chi connectivity index (χ1) is 10.1. The zero-order chi connectivity index (χ0) is 14.8. The van der Waals surface area contributed by atoms with Gasteiger partial charge in [0.1, 0.15) is 11.5 Å². The summed E-state index contributed by atoms with van der Waals surface area (Å²) in [5.74, 6) is -0.460. The summed E-state index contributed by atoms with van der Waals surface area (Å²) in [4.78, 5) is 16.6. The average Bonchev–Trinajstić information content (AvgIpc) is 2.49. The van der Waals surface area contributed by atoms with Crippen LogP contribution in [0.4, 0.5) is 10.1 Å². The van der Waals surface area contributed by atoms with Gasteiger partial charge < -0.3 is 5.73 Å². The number of pyridine rings is 1. The molecule has 0 amide bonds. The predicted octanol–water partition coefficient (Wildman–Crippen LogP) is 3.38. The molecule has 1 aromatic heterocycles. The summed E-state index contributed by atoms with van der Waals surface area (Å²) in [6.45, 7) is 0. The number of nitrogens with zero attached hydrogens (tertiary/aromatic N) is 1. The number of benzene rings is 2. The van der Waals surface area contributed by atoms with Crippen molar-refractivity contribution >= 4 is 22.4 Å². The Balaban J connectivity index is 1.92. The highest BCUT2D eigenvalue weighted by Gasteiger charge is 2.11. The zero-order valence-corrected chi connectivity index (χ0v) is 11.2. The first kappa shape index (κ1) is 13.2. The van der Waals surface area contributed by atoms with Gasteiger partial charge in [-0.3, -0.25) is 4.79 Å². The number of aromatic nitrogens is 1. The molecule has 0 radical (unpaired) electrons. The van der Waals surface area contributed by atoms with Gasteiger partial charge in [0.05, 0.1) is 5.52 Å². The Hall–Kier alpha value is -2.75. The van der Waals surface area contributed by atoms with Gasteiger partial charge in [-0.1, -0.05) is 30.3 Å². The number of para-hydroxylation sites is 1. The minimum atomic E-state index is -0.320. The van der Waals surface area contributed by atoms with Crippen LogP contribution >= 0.6 is 0 Å². The number of nitrogen functional groups attached to an aromatic ring is 1. The highest BCUT2D eigenvalue weighted by atomic mass is 19.1. The van der Waals surface area contributed by atoms with Crippen molar-refractivity contribution in [3.05, 3.63) is 71.7 Å². The van der Waals surface area contributed by atoms with Crippen LogP contribution in [0.2, 0.25) is 0 Å². The van der Waals surface area contributed by atoms with E-state index in [9.17, 15) is 9.18 Å². The number of anilines is 1. The lowest BCUT2D eigenvalue weighted by atomic mass is 10.0. The maximum absolute atomic E-state index is 12.9. The minimum absolute atomic E-state index is 0.140. The predicted molar refractivity (Wildman–Crippen MR) is 80.6 cm³/mol. The van der Waals surface area contributed by atoms with Gasteiger partial charge >= 0.3 is 0 Å². The monoisotopic (exact) mass is 280 g/mol. The van der Waals surface area contributed by atoms with Gasteiger partial charge in [0, 0.05) is 17.5 Å². The van der Waals surface area contributed by atoms with Crippen molar-refractivity contribution in [2.24, 2.45) is 0 Å². The molecule has 3 aromatic rings. The SMILES string of the molecule is Nc1cc(C(=O)Cc2ccc(F)cc2)nc2ccccc12. The van der Waals surface area contributed by atoms with E-state index in [1.54, 1.807) is 18.2 Å². The topological polar surface area (TPSA) is 56.0 Å². The number of nitrogens with two attached hydrogens (primary N) is 1. The van der Waals surface area contributed by atoms with Crippen molar-refractivity contribution in [2.45, 2.75) is 6.42 Å². The summed E-state index contributed by atoms with van der Waals surface area (Å²) in [7, 11) is 0. The number of hydrogen-bond acceptors (Lipinski definition) is 3. The normalized spacial score (nSPS) is 10.7. The van der Waals surface area contributed by atoms with Crippen LogP contribution in [-0.4, -0.2) is 10.8 Å². The van der Waals surface area contributed by atoms with E-state index < -0.39 is 0 Å². The van der Waals surface area contributed by atoms with Gasteiger partial charge in [0.25, 0.3) is 0 Å². The molecule has 0 spiro atoms. The number of halogens is 1. The van der Waals surface area contributed by atoms with Crippen LogP contribution in [0.1, 0.15) is 16.1 Å². The van der Waals surface area contributed by atoms with Gasteiger partial charge in [-0.2, -0.15) is 0 Å². The fourth-order valence-electron chi connectivity index (χ4n) is 2.22. The van der Waals surface area contributed by atoms with Crippen molar-refractivity contribution in [1.82, 2.24) is 4.98 Å². The third kappa shape index (κ3) is 2.74. The number of rotatable bonds is 3. The van der Waals surface area contributed by atoms with Crippen LogP contribution in [0.3, 0.4) is 0 Å². The van der Waals surface area contributed by atoms with Gasteiger partial charge in [0.15, 0.2) is 5.78 Å². The molecule has 21 heavy (non-hydrogen) atoms. The summed E-state index contributed by atoms with van der Waals surface area (Å²) in [6, 6.07) is 14.9. The Morgan fingerprint density at radius 2 is 1.81 bits per heavy atom. The van der Waals surface area contributed by atoms with E-state index in [0.717, 1.165) is 10.9 Å². The fourth-order valence-corrected chi connectivity index (χ4v) is 2.22. The zero-order valence-electron chi connectivity index (χ0n) is 11.2. The molecule has 0 atom stereocenters. The lowest BCUT2D eigenvalue weighted by Gasteiger charge is -2.06. The van der Waals surface area contributed by atoms with Gasteiger partial charge in [-0.05, 0) is 29.8 Å². The molecule has 0 saturated carbocycles. The first-order valence-electron chi connectivity index (χ1n) is 6.56. The summed E-state index contributed by atoms with van der Waals surface area (Å²) in [5, 5.41) is 0.829. The molecule has 2 N–H and O–H groups in total. The molecule has 1 heterocycles. The van der Waals surface area contributed by atoms with Crippen LogP contribution in [-0.2, 0) is 6.42 Å². The van der Waals surface area contributed by atoms with E-state index >= 15 is 0 Å². The van der Waals surface area contributed by atoms with Crippen LogP contribution < -0.4 is 5.73 Å². The summed E-state index contributed by atoms with van der Waals surface area (Å²) >= 11 is 0. The second-order valence-electron chi connectivity index (χ2n) is 4.84. The van der Waals surface area contributed by atoms with Crippen LogP contribution in [0.5, 0.6) is 0 Å². The number of carbonyl (C=O) groups excluding carboxylic acids is 1. The lowest BCUT2D eigenvalue weighted by Crippen LogP contribution is -2.07. The molecule has 0 saturated heterocycles. The Morgan fingerprint density at radius 1 is 1.10 bits per heavy atom. The van der Waals surface area contributed by atoms with E-state index in [4.69, 9.17) is 5.73 Å². The Kier molecular flexibility index (Phi) is 3.36. The molecule has 0 unspecified atom stereocenters. The second kappa shape index (κ2) is 5.32. The van der Waals surface area contributed by atoms with Crippen molar-refractivity contribution in [2.75, 3.05) is 5.73 Å².